The number of hydrogen-bond acceptors (Lipinski definition) is 4. The van der Waals surface area contributed by atoms with E-state index in [2.05, 4.69) is 0 Å². The summed E-state index contributed by atoms with van der Waals surface area (Å²) in [6.07, 6.45) is 3.28. The van der Waals surface area contributed by atoms with Crippen LogP contribution in [0, 0.1) is 11.3 Å². The molecule has 90 valence electrons. The molecule has 0 saturated carbocycles. The molecular weight excluding hydrogens is 206 g/mol. The maximum atomic E-state index is 11.3. The van der Waals surface area contributed by atoms with Crippen LogP contribution in [-0.2, 0) is 14.3 Å². The Hall–Kier alpha value is -1.34. The zero-order chi connectivity index (χ0) is 12.4. The first-order valence-corrected chi connectivity index (χ1v) is 5.54. The molecule has 4 nitrogen and oxygen atoms in total. The van der Waals surface area contributed by atoms with Gasteiger partial charge in [-0.15, -0.1) is 0 Å². The first kappa shape index (κ1) is 14.7. The highest BCUT2D eigenvalue weighted by Crippen LogP contribution is 2.00. The van der Waals surface area contributed by atoms with E-state index in [0.29, 0.717) is 13.0 Å². The van der Waals surface area contributed by atoms with E-state index in [1.165, 1.54) is 0 Å². The van der Waals surface area contributed by atoms with Crippen LogP contribution >= 0.6 is 0 Å². The van der Waals surface area contributed by atoms with Crippen molar-refractivity contribution in [3.05, 3.63) is 11.6 Å². The number of nitriles is 1. The Morgan fingerprint density at radius 3 is 2.62 bits per heavy atom. The predicted octanol–water partition coefficient (Wildman–Crippen LogP) is 2.20. The number of allylic oxidation sites excluding steroid dienone is 1. The summed E-state index contributed by atoms with van der Waals surface area (Å²) in [5.41, 5.74) is 0.0611. The van der Waals surface area contributed by atoms with E-state index in [-0.39, 0.29) is 18.3 Å². The molecule has 0 aromatic carbocycles. The lowest BCUT2D eigenvalue weighted by Crippen LogP contribution is -2.15. The minimum Gasteiger partial charge on any atom is -0.459 e. The molecule has 0 saturated heterocycles. The van der Waals surface area contributed by atoms with Gasteiger partial charge in [0.15, 0.2) is 0 Å². The van der Waals surface area contributed by atoms with Gasteiger partial charge < -0.3 is 9.47 Å². The molecule has 0 heterocycles. The molecule has 0 aromatic rings. The summed E-state index contributed by atoms with van der Waals surface area (Å²) in [4.78, 5) is 11.3. The van der Waals surface area contributed by atoms with Gasteiger partial charge in [-0.3, -0.25) is 0 Å². The standard InChI is InChI=1S/C12H19NO3/c1-4-6-11(9-13)12(14)16-8-7-15-10(3)5-2/h6,10H,4-5,7-8H2,1-3H3. The summed E-state index contributed by atoms with van der Waals surface area (Å²) in [7, 11) is 0. The van der Waals surface area contributed by atoms with Gasteiger partial charge in [0, 0.05) is 0 Å². The van der Waals surface area contributed by atoms with Crippen molar-refractivity contribution in [2.45, 2.75) is 39.7 Å². The molecule has 0 radical (unpaired) electrons. The Bertz CT molecular complexity index is 278. The van der Waals surface area contributed by atoms with E-state index < -0.39 is 5.97 Å². The lowest BCUT2D eigenvalue weighted by atomic mass is 10.2. The molecule has 0 amide bonds. The highest BCUT2D eigenvalue weighted by Gasteiger charge is 2.09. The minimum absolute atomic E-state index is 0.0611. The van der Waals surface area contributed by atoms with E-state index in [4.69, 9.17) is 14.7 Å². The van der Waals surface area contributed by atoms with Crippen LogP contribution in [-0.4, -0.2) is 25.3 Å². The largest absolute Gasteiger partial charge is 0.459 e. The van der Waals surface area contributed by atoms with Gasteiger partial charge in [0.05, 0.1) is 12.7 Å². The van der Waals surface area contributed by atoms with E-state index in [0.717, 1.165) is 6.42 Å². The first-order valence-electron chi connectivity index (χ1n) is 5.54. The molecule has 0 fully saturated rings. The summed E-state index contributed by atoms with van der Waals surface area (Å²) in [6, 6.07) is 1.81. The van der Waals surface area contributed by atoms with Crippen LogP contribution in [0.4, 0.5) is 0 Å². The van der Waals surface area contributed by atoms with Crippen molar-refractivity contribution in [1.29, 1.82) is 5.26 Å². The second-order valence-corrected chi connectivity index (χ2v) is 3.36. The Morgan fingerprint density at radius 2 is 2.12 bits per heavy atom. The highest BCUT2D eigenvalue weighted by atomic mass is 16.6. The lowest BCUT2D eigenvalue weighted by molar-refractivity contribution is -0.140. The molecule has 1 atom stereocenters. The smallest absolute Gasteiger partial charge is 0.348 e. The number of carbonyl (C=O) groups is 1. The van der Waals surface area contributed by atoms with Crippen molar-refractivity contribution >= 4 is 5.97 Å². The minimum atomic E-state index is -0.572. The van der Waals surface area contributed by atoms with E-state index in [1.54, 1.807) is 6.08 Å². The molecule has 0 aliphatic carbocycles. The van der Waals surface area contributed by atoms with Gasteiger partial charge in [-0.25, -0.2) is 4.79 Å². The Labute approximate surface area is 96.8 Å². The molecule has 1 unspecified atom stereocenters. The average Bonchev–Trinajstić information content (AvgIpc) is 2.30. The Kier molecular flexibility index (Phi) is 8.18. The second-order valence-electron chi connectivity index (χ2n) is 3.36. The van der Waals surface area contributed by atoms with Crippen LogP contribution in [0.15, 0.2) is 11.6 Å². The zero-order valence-electron chi connectivity index (χ0n) is 10.2. The molecule has 0 spiro atoms. The number of esters is 1. The van der Waals surface area contributed by atoms with Crippen LogP contribution in [0.25, 0.3) is 0 Å². The second kappa shape index (κ2) is 8.93. The molecule has 4 heteroatoms. The van der Waals surface area contributed by atoms with Crippen molar-refractivity contribution in [3.63, 3.8) is 0 Å². The predicted molar refractivity (Wildman–Crippen MR) is 60.7 cm³/mol. The van der Waals surface area contributed by atoms with Crippen molar-refractivity contribution in [1.82, 2.24) is 0 Å². The van der Waals surface area contributed by atoms with Gasteiger partial charge in [0.1, 0.15) is 18.2 Å². The fourth-order valence-corrected chi connectivity index (χ4v) is 0.958. The third-order valence-electron chi connectivity index (χ3n) is 2.04. The SMILES string of the molecule is CCC=C(C#N)C(=O)OCCOC(C)CC. The molecule has 0 aromatic heterocycles. The van der Waals surface area contributed by atoms with E-state index >= 15 is 0 Å². The maximum absolute atomic E-state index is 11.3. The van der Waals surface area contributed by atoms with Crippen LogP contribution in [0.2, 0.25) is 0 Å². The molecule has 0 rings (SSSR count). The highest BCUT2D eigenvalue weighted by molar-refractivity contribution is 5.92. The quantitative estimate of drug-likeness (QED) is 0.288. The van der Waals surface area contributed by atoms with Crippen molar-refractivity contribution in [2.24, 2.45) is 0 Å². The van der Waals surface area contributed by atoms with Gasteiger partial charge in [-0.2, -0.15) is 5.26 Å². The summed E-state index contributed by atoms with van der Waals surface area (Å²) >= 11 is 0. The van der Waals surface area contributed by atoms with Gasteiger partial charge >= 0.3 is 5.97 Å². The molecule has 16 heavy (non-hydrogen) atoms. The molecule has 0 aliphatic heterocycles. The fourth-order valence-electron chi connectivity index (χ4n) is 0.958. The molecule has 0 bridgehead atoms. The van der Waals surface area contributed by atoms with E-state index in [9.17, 15) is 4.79 Å². The fraction of sp³-hybridized carbons (Fsp3) is 0.667. The summed E-state index contributed by atoms with van der Waals surface area (Å²) < 4.78 is 10.2. The van der Waals surface area contributed by atoms with Gasteiger partial charge in [0.25, 0.3) is 0 Å². The van der Waals surface area contributed by atoms with E-state index in [1.807, 2.05) is 26.8 Å². The average molecular weight is 225 g/mol. The topological polar surface area (TPSA) is 59.3 Å². The van der Waals surface area contributed by atoms with Gasteiger partial charge in [-0.1, -0.05) is 19.9 Å². The Morgan fingerprint density at radius 1 is 1.44 bits per heavy atom. The number of hydrogen-bond donors (Lipinski definition) is 0. The summed E-state index contributed by atoms with van der Waals surface area (Å²) in [5.74, 6) is -0.572. The first-order chi connectivity index (χ1) is 7.65. The summed E-state index contributed by atoms with van der Waals surface area (Å²) in [5, 5.41) is 8.66. The van der Waals surface area contributed by atoms with Crippen LogP contribution < -0.4 is 0 Å². The van der Waals surface area contributed by atoms with Gasteiger partial charge in [-0.05, 0) is 19.8 Å². The monoisotopic (exact) mass is 225 g/mol. The summed E-state index contributed by atoms with van der Waals surface area (Å²) in [6.45, 7) is 6.39. The number of carbonyl (C=O) groups excluding carboxylic acids is 1. The number of rotatable bonds is 7. The zero-order valence-corrected chi connectivity index (χ0v) is 10.2. The molecule has 0 N–H and O–H groups in total. The van der Waals surface area contributed by atoms with Crippen molar-refractivity contribution < 1.29 is 14.3 Å². The van der Waals surface area contributed by atoms with Crippen molar-refractivity contribution in [2.75, 3.05) is 13.2 Å². The third kappa shape index (κ3) is 6.20. The van der Waals surface area contributed by atoms with Crippen LogP contribution in [0.5, 0.6) is 0 Å². The number of ether oxygens (including phenoxy) is 2. The maximum Gasteiger partial charge on any atom is 0.348 e. The molecule has 0 aliphatic rings. The third-order valence-corrected chi connectivity index (χ3v) is 2.04. The normalized spacial score (nSPS) is 13.0. The van der Waals surface area contributed by atoms with Crippen LogP contribution in [0.3, 0.4) is 0 Å². The molecular formula is C12H19NO3. The van der Waals surface area contributed by atoms with Crippen molar-refractivity contribution in [3.8, 4) is 6.07 Å². The number of nitrogens with zero attached hydrogens (tertiary/aromatic N) is 1. The lowest BCUT2D eigenvalue weighted by Gasteiger charge is -2.10. The van der Waals surface area contributed by atoms with Crippen LogP contribution in [0.1, 0.15) is 33.6 Å². The Balaban J connectivity index is 3.82. The van der Waals surface area contributed by atoms with Gasteiger partial charge in [0.2, 0.25) is 0 Å².